The van der Waals surface area contributed by atoms with Gasteiger partial charge in [0, 0.05) is 15.5 Å². The summed E-state index contributed by atoms with van der Waals surface area (Å²) in [6, 6.07) is 12.0. The van der Waals surface area contributed by atoms with Crippen LogP contribution in [0.5, 0.6) is 0 Å². The molecule has 0 spiro atoms. The second kappa shape index (κ2) is 4.85. The largest absolute Gasteiger partial charge is 0.280 e. The summed E-state index contributed by atoms with van der Waals surface area (Å²) in [7, 11) is 0. The molecule has 0 saturated heterocycles. The van der Waals surface area contributed by atoms with E-state index in [1.54, 1.807) is 6.20 Å². The van der Waals surface area contributed by atoms with Crippen LogP contribution < -0.4 is 0 Å². The van der Waals surface area contributed by atoms with Crippen molar-refractivity contribution in [1.82, 2.24) is 14.5 Å². The van der Waals surface area contributed by atoms with Crippen LogP contribution in [-0.2, 0) is 5.88 Å². The highest BCUT2D eigenvalue weighted by molar-refractivity contribution is 14.1. The molecule has 2 aromatic heterocycles. The predicted octanol–water partition coefficient (Wildman–Crippen LogP) is 3.76. The molecule has 0 amide bonds. The number of nitrogens with zero attached hydrogens (tertiary/aromatic N) is 3. The van der Waals surface area contributed by atoms with Crippen molar-refractivity contribution in [3.8, 4) is 5.69 Å². The number of pyridine rings is 1. The highest BCUT2D eigenvalue weighted by Gasteiger charge is 2.11. The molecule has 0 unspecified atom stereocenters. The minimum absolute atomic E-state index is 0.363. The summed E-state index contributed by atoms with van der Waals surface area (Å²) in [6.07, 6.45) is 1.77. The molecule has 90 valence electrons. The molecule has 5 heteroatoms. The maximum Gasteiger partial charge on any atom is 0.164 e. The van der Waals surface area contributed by atoms with Gasteiger partial charge in [-0.1, -0.05) is 0 Å². The molecule has 0 bridgehead atoms. The summed E-state index contributed by atoms with van der Waals surface area (Å²) in [5.74, 6) is 1.18. The Balaban J connectivity index is 2.29. The zero-order chi connectivity index (χ0) is 12.5. The third-order valence-electron chi connectivity index (χ3n) is 2.69. The SMILES string of the molecule is ClCc1nc2cccnc2n1-c1ccc(I)cc1. The van der Waals surface area contributed by atoms with E-state index in [1.165, 1.54) is 3.57 Å². The Morgan fingerprint density at radius 3 is 2.67 bits per heavy atom. The second-order valence-corrected chi connectivity index (χ2v) is 5.33. The molecule has 2 heterocycles. The third kappa shape index (κ3) is 1.99. The Hall–Kier alpha value is -1.14. The van der Waals surface area contributed by atoms with Crippen LogP contribution in [0.3, 0.4) is 0 Å². The molecule has 0 saturated carbocycles. The van der Waals surface area contributed by atoms with Crippen LogP contribution in [-0.4, -0.2) is 14.5 Å². The van der Waals surface area contributed by atoms with Crippen LogP contribution in [0.15, 0.2) is 42.6 Å². The number of fused-ring (bicyclic) bond motifs is 1. The topological polar surface area (TPSA) is 30.7 Å². The average Bonchev–Trinajstić information content (AvgIpc) is 2.78. The highest BCUT2D eigenvalue weighted by Crippen LogP contribution is 2.21. The van der Waals surface area contributed by atoms with Crippen molar-refractivity contribution in [3.05, 3.63) is 52.0 Å². The second-order valence-electron chi connectivity index (χ2n) is 3.82. The van der Waals surface area contributed by atoms with Crippen molar-refractivity contribution in [3.63, 3.8) is 0 Å². The first-order valence-corrected chi connectivity index (χ1v) is 7.05. The van der Waals surface area contributed by atoms with E-state index in [9.17, 15) is 0 Å². The van der Waals surface area contributed by atoms with Crippen molar-refractivity contribution in [2.24, 2.45) is 0 Å². The number of hydrogen-bond donors (Lipinski definition) is 0. The molecule has 18 heavy (non-hydrogen) atoms. The van der Waals surface area contributed by atoms with Crippen molar-refractivity contribution in [2.45, 2.75) is 5.88 Å². The molecule has 3 rings (SSSR count). The average molecular weight is 370 g/mol. The Labute approximate surface area is 123 Å². The first-order valence-electron chi connectivity index (χ1n) is 5.44. The van der Waals surface area contributed by atoms with Gasteiger partial charge in [0.25, 0.3) is 0 Å². The summed E-state index contributed by atoms with van der Waals surface area (Å²) in [6.45, 7) is 0. The van der Waals surface area contributed by atoms with E-state index in [2.05, 4.69) is 44.7 Å². The molecule has 3 aromatic rings. The van der Waals surface area contributed by atoms with E-state index in [0.29, 0.717) is 5.88 Å². The van der Waals surface area contributed by atoms with Gasteiger partial charge in [-0.2, -0.15) is 0 Å². The van der Waals surface area contributed by atoms with Crippen molar-refractivity contribution in [1.29, 1.82) is 0 Å². The summed E-state index contributed by atoms with van der Waals surface area (Å²) >= 11 is 8.26. The molecule has 0 atom stereocenters. The van der Waals surface area contributed by atoms with Gasteiger partial charge >= 0.3 is 0 Å². The lowest BCUT2D eigenvalue weighted by Gasteiger charge is -2.06. The lowest BCUT2D eigenvalue weighted by molar-refractivity contribution is 0.969. The zero-order valence-corrected chi connectivity index (χ0v) is 12.3. The summed E-state index contributed by atoms with van der Waals surface area (Å²) in [5.41, 5.74) is 2.74. The third-order valence-corrected chi connectivity index (χ3v) is 3.65. The lowest BCUT2D eigenvalue weighted by atomic mass is 10.3. The Bertz CT molecular complexity index is 691. The molecular formula is C13H9ClIN3. The van der Waals surface area contributed by atoms with Gasteiger partial charge < -0.3 is 0 Å². The van der Waals surface area contributed by atoms with E-state index in [-0.39, 0.29) is 0 Å². The summed E-state index contributed by atoms with van der Waals surface area (Å²) in [4.78, 5) is 8.89. The molecule has 0 radical (unpaired) electrons. The molecule has 0 aliphatic rings. The van der Waals surface area contributed by atoms with Gasteiger partial charge in [-0.3, -0.25) is 4.57 Å². The normalized spacial score (nSPS) is 11.0. The van der Waals surface area contributed by atoms with Gasteiger partial charge in [0.2, 0.25) is 0 Å². The zero-order valence-electron chi connectivity index (χ0n) is 9.35. The molecule has 0 aliphatic carbocycles. The van der Waals surface area contributed by atoms with Crippen LogP contribution in [0.4, 0.5) is 0 Å². The quantitative estimate of drug-likeness (QED) is 0.509. The first-order chi connectivity index (χ1) is 8.79. The van der Waals surface area contributed by atoms with Crippen LogP contribution in [0.2, 0.25) is 0 Å². The molecule has 3 nitrogen and oxygen atoms in total. The van der Waals surface area contributed by atoms with Crippen molar-refractivity contribution < 1.29 is 0 Å². The predicted molar refractivity (Wildman–Crippen MR) is 81.1 cm³/mol. The standard InChI is InChI=1S/C13H9ClIN3/c14-8-12-17-11-2-1-7-16-13(11)18(12)10-5-3-9(15)4-6-10/h1-7H,8H2. The fourth-order valence-corrected chi connectivity index (χ4v) is 2.45. The molecular weight excluding hydrogens is 361 g/mol. The molecule has 0 aliphatic heterocycles. The van der Waals surface area contributed by atoms with Gasteiger partial charge in [0.1, 0.15) is 11.3 Å². The number of imidazole rings is 1. The number of rotatable bonds is 2. The Kier molecular flexibility index (Phi) is 3.22. The van der Waals surface area contributed by atoms with Gasteiger partial charge in [-0.15, -0.1) is 11.6 Å². The maximum atomic E-state index is 5.97. The fourth-order valence-electron chi connectivity index (χ4n) is 1.91. The number of alkyl halides is 1. The van der Waals surface area contributed by atoms with E-state index >= 15 is 0 Å². The van der Waals surface area contributed by atoms with Gasteiger partial charge in [0.05, 0.1) is 5.88 Å². The fraction of sp³-hybridized carbons (Fsp3) is 0.0769. The lowest BCUT2D eigenvalue weighted by Crippen LogP contribution is -2.00. The van der Waals surface area contributed by atoms with E-state index in [0.717, 1.165) is 22.7 Å². The first kappa shape index (κ1) is 11.9. The van der Waals surface area contributed by atoms with Crippen molar-refractivity contribution in [2.75, 3.05) is 0 Å². The Morgan fingerprint density at radius 1 is 1.17 bits per heavy atom. The summed E-state index contributed by atoms with van der Waals surface area (Å²) < 4.78 is 3.19. The number of halogens is 2. The smallest absolute Gasteiger partial charge is 0.164 e. The number of aromatic nitrogens is 3. The minimum Gasteiger partial charge on any atom is -0.280 e. The van der Waals surface area contributed by atoms with E-state index in [4.69, 9.17) is 11.6 Å². The number of hydrogen-bond acceptors (Lipinski definition) is 2. The van der Waals surface area contributed by atoms with E-state index in [1.807, 2.05) is 28.8 Å². The Morgan fingerprint density at radius 2 is 1.94 bits per heavy atom. The van der Waals surface area contributed by atoms with Crippen LogP contribution in [0.1, 0.15) is 5.82 Å². The van der Waals surface area contributed by atoms with Gasteiger partial charge in [0.15, 0.2) is 5.65 Å². The molecule has 0 N–H and O–H groups in total. The van der Waals surface area contributed by atoms with Crippen molar-refractivity contribution >= 4 is 45.4 Å². The van der Waals surface area contributed by atoms with Crippen LogP contribution >= 0.6 is 34.2 Å². The number of benzene rings is 1. The van der Waals surface area contributed by atoms with Crippen LogP contribution in [0, 0.1) is 3.57 Å². The highest BCUT2D eigenvalue weighted by atomic mass is 127. The minimum atomic E-state index is 0.363. The molecule has 1 aromatic carbocycles. The molecule has 0 fully saturated rings. The van der Waals surface area contributed by atoms with Gasteiger partial charge in [-0.05, 0) is 59.0 Å². The van der Waals surface area contributed by atoms with E-state index < -0.39 is 0 Å². The summed E-state index contributed by atoms with van der Waals surface area (Å²) in [5, 5.41) is 0. The van der Waals surface area contributed by atoms with Gasteiger partial charge in [-0.25, -0.2) is 9.97 Å². The maximum absolute atomic E-state index is 5.97. The van der Waals surface area contributed by atoms with Crippen LogP contribution in [0.25, 0.3) is 16.9 Å². The monoisotopic (exact) mass is 369 g/mol.